The summed E-state index contributed by atoms with van der Waals surface area (Å²) in [6, 6.07) is -3.86. The van der Waals surface area contributed by atoms with Crippen molar-refractivity contribution in [3.05, 3.63) is 18.2 Å². The molecule has 12 nitrogen and oxygen atoms in total. The van der Waals surface area contributed by atoms with Crippen molar-refractivity contribution < 1.29 is 29.4 Å². The topological polar surface area (TPSA) is 182 Å². The minimum Gasteiger partial charge on any atom is -0.480 e. The number of carbonyl (C=O) groups excluding carboxylic acids is 3. The molecule has 2 aliphatic rings. The average molecular weight is 450 g/mol. The number of aromatic nitrogens is 2. The third-order valence-corrected chi connectivity index (χ3v) is 6.06. The molecule has 0 aliphatic carbocycles. The van der Waals surface area contributed by atoms with Gasteiger partial charge in [0.25, 0.3) is 0 Å². The van der Waals surface area contributed by atoms with Crippen LogP contribution in [0.3, 0.4) is 0 Å². The predicted molar refractivity (Wildman–Crippen MR) is 111 cm³/mol. The monoisotopic (exact) mass is 450 g/mol. The van der Waals surface area contributed by atoms with E-state index in [1.165, 1.54) is 29.2 Å². The van der Waals surface area contributed by atoms with E-state index in [1.54, 1.807) is 0 Å². The Kier molecular flexibility index (Phi) is 7.46. The Labute approximate surface area is 185 Å². The van der Waals surface area contributed by atoms with E-state index in [0.717, 1.165) is 0 Å². The number of aliphatic hydroxyl groups excluding tert-OH is 1. The lowest BCUT2D eigenvalue weighted by Crippen LogP contribution is -2.57. The van der Waals surface area contributed by atoms with Crippen LogP contribution in [0.4, 0.5) is 0 Å². The molecule has 0 saturated carbocycles. The van der Waals surface area contributed by atoms with Gasteiger partial charge in [0.05, 0.1) is 12.4 Å². The first-order chi connectivity index (χ1) is 15.2. The number of H-pyrrole nitrogens is 1. The highest BCUT2D eigenvalue weighted by molar-refractivity contribution is 5.95. The van der Waals surface area contributed by atoms with Gasteiger partial charge in [-0.1, -0.05) is 0 Å². The lowest BCUT2D eigenvalue weighted by Gasteiger charge is -2.32. The van der Waals surface area contributed by atoms with Gasteiger partial charge in [0.1, 0.15) is 24.2 Å². The molecule has 2 aliphatic heterocycles. The van der Waals surface area contributed by atoms with Gasteiger partial charge in [-0.05, 0) is 32.6 Å². The normalized spacial score (nSPS) is 23.6. The lowest BCUT2D eigenvalue weighted by molar-refractivity contribution is -0.148. The number of hydrogen-bond donors (Lipinski definition) is 5. The quantitative estimate of drug-likeness (QED) is 0.308. The Morgan fingerprint density at radius 2 is 1.88 bits per heavy atom. The maximum Gasteiger partial charge on any atom is 0.326 e. The predicted octanol–water partition coefficient (Wildman–Crippen LogP) is -1.79. The molecule has 5 atom stereocenters. The SMILES string of the molecule is CC(O)C(N)C(=O)N1CCCC1C(=O)N1CCCC1C(=O)NC(Cc1cnc[nH]1)C(=O)O. The van der Waals surface area contributed by atoms with Crippen molar-refractivity contribution in [2.45, 2.75) is 69.3 Å². The van der Waals surface area contributed by atoms with Crippen molar-refractivity contribution in [1.29, 1.82) is 0 Å². The van der Waals surface area contributed by atoms with Crippen molar-refractivity contribution in [1.82, 2.24) is 25.1 Å². The van der Waals surface area contributed by atoms with E-state index in [9.17, 15) is 29.4 Å². The van der Waals surface area contributed by atoms with Gasteiger partial charge in [-0.2, -0.15) is 0 Å². The summed E-state index contributed by atoms with van der Waals surface area (Å²) in [5.74, 6) is -2.59. The summed E-state index contributed by atoms with van der Waals surface area (Å²) in [6.45, 7) is 2.11. The number of carboxylic acids is 1. The second-order valence-electron chi connectivity index (χ2n) is 8.33. The Morgan fingerprint density at radius 3 is 2.47 bits per heavy atom. The number of nitrogens with two attached hydrogens (primary N) is 1. The fraction of sp³-hybridized carbons (Fsp3) is 0.650. The third kappa shape index (κ3) is 5.07. The van der Waals surface area contributed by atoms with Crippen LogP contribution in [0.25, 0.3) is 0 Å². The van der Waals surface area contributed by atoms with E-state index in [4.69, 9.17) is 5.73 Å². The van der Waals surface area contributed by atoms with Crippen LogP contribution in [-0.4, -0.2) is 97.0 Å². The zero-order valence-electron chi connectivity index (χ0n) is 17.9. The smallest absolute Gasteiger partial charge is 0.326 e. The first kappa shape index (κ1) is 23.7. The van der Waals surface area contributed by atoms with Gasteiger partial charge < -0.3 is 36.0 Å². The molecule has 2 fully saturated rings. The molecule has 12 heteroatoms. The maximum absolute atomic E-state index is 13.3. The summed E-state index contributed by atoms with van der Waals surface area (Å²) in [6.07, 6.45) is 3.95. The van der Waals surface area contributed by atoms with Crippen molar-refractivity contribution >= 4 is 23.7 Å². The van der Waals surface area contributed by atoms with E-state index < -0.39 is 48.1 Å². The molecular formula is C20H30N6O6. The summed E-state index contributed by atoms with van der Waals surface area (Å²) in [4.78, 5) is 59.9. The number of nitrogens with one attached hydrogen (secondary N) is 2. The van der Waals surface area contributed by atoms with Gasteiger partial charge in [0.2, 0.25) is 17.7 Å². The number of amides is 3. The van der Waals surface area contributed by atoms with E-state index >= 15 is 0 Å². The zero-order valence-corrected chi connectivity index (χ0v) is 17.9. The van der Waals surface area contributed by atoms with Crippen LogP contribution < -0.4 is 11.1 Å². The van der Waals surface area contributed by atoms with Crippen molar-refractivity contribution in [3.8, 4) is 0 Å². The van der Waals surface area contributed by atoms with Crippen molar-refractivity contribution in [3.63, 3.8) is 0 Å². The second-order valence-corrected chi connectivity index (χ2v) is 8.33. The number of aliphatic carboxylic acids is 1. The van der Waals surface area contributed by atoms with Crippen LogP contribution in [0.5, 0.6) is 0 Å². The van der Waals surface area contributed by atoms with E-state index in [0.29, 0.717) is 44.5 Å². The fourth-order valence-corrected chi connectivity index (χ4v) is 4.26. The van der Waals surface area contributed by atoms with Crippen molar-refractivity contribution in [2.75, 3.05) is 13.1 Å². The van der Waals surface area contributed by atoms with Gasteiger partial charge in [0.15, 0.2) is 0 Å². The van der Waals surface area contributed by atoms with Crippen LogP contribution in [0.15, 0.2) is 12.5 Å². The number of aromatic amines is 1. The Morgan fingerprint density at radius 1 is 1.22 bits per heavy atom. The zero-order chi connectivity index (χ0) is 23.4. The van der Waals surface area contributed by atoms with Gasteiger partial charge >= 0.3 is 5.97 Å². The van der Waals surface area contributed by atoms with Crippen LogP contribution in [0.1, 0.15) is 38.3 Å². The summed E-state index contributed by atoms with van der Waals surface area (Å²) in [7, 11) is 0. The molecular weight excluding hydrogens is 420 g/mol. The molecule has 5 unspecified atom stereocenters. The first-order valence-electron chi connectivity index (χ1n) is 10.8. The van der Waals surface area contributed by atoms with Gasteiger partial charge in [-0.15, -0.1) is 0 Å². The van der Waals surface area contributed by atoms with Crippen molar-refractivity contribution in [2.24, 2.45) is 5.73 Å². The van der Waals surface area contributed by atoms with Crippen LogP contribution >= 0.6 is 0 Å². The number of rotatable bonds is 8. The maximum atomic E-state index is 13.3. The minimum atomic E-state index is -1.19. The highest BCUT2D eigenvalue weighted by atomic mass is 16.4. The number of carboxylic acid groups (broad SMARTS) is 1. The number of hydrogen-bond acceptors (Lipinski definition) is 7. The third-order valence-electron chi connectivity index (χ3n) is 6.06. The van der Waals surface area contributed by atoms with Crippen LogP contribution in [-0.2, 0) is 25.6 Å². The molecule has 3 heterocycles. The number of imidazole rings is 1. The summed E-state index contributed by atoms with van der Waals surface area (Å²) >= 11 is 0. The van der Waals surface area contributed by atoms with E-state index in [2.05, 4.69) is 15.3 Å². The van der Waals surface area contributed by atoms with E-state index in [-0.39, 0.29) is 12.3 Å². The molecule has 1 aromatic heterocycles. The van der Waals surface area contributed by atoms with Crippen LogP contribution in [0, 0.1) is 0 Å². The molecule has 6 N–H and O–H groups in total. The first-order valence-corrected chi connectivity index (χ1v) is 10.8. The van der Waals surface area contributed by atoms with Gasteiger partial charge in [-0.25, -0.2) is 9.78 Å². The minimum absolute atomic E-state index is 0.0316. The molecule has 2 saturated heterocycles. The molecule has 1 aromatic rings. The molecule has 176 valence electrons. The molecule has 0 radical (unpaired) electrons. The number of likely N-dealkylation sites (tertiary alicyclic amines) is 2. The molecule has 3 rings (SSSR count). The fourth-order valence-electron chi connectivity index (χ4n) is 4.26. The molecule has 3 amide bonds. The largest absolute Gasteiger partial charge is 0.480 e. The van der Waals surface area contributed by atoms with Gasteiger partial charge in [-0.3, -0.25) is 14.4 Å². The van der Waals surface area contributed by atoms with Crippen LogP contribution in [0.2, 0.25) is 0 Å². The summed E-state index contributed by atoms with van der Waals surface area (Å²) in [5.41, 5.74) is 6.34. The summed E-state index contributed by atoms with van der Waals surface area (Å²) < 4.78 is 0. The van der Waals surface area contributed by atoms with E-state index in [1.807, 2.05) is 0 Å². The molecule has 0 bridgehead atoms. The highest BCUT2D eigenvalue weighted by Crippen LogP contribution is 2.25. The highest BCUT2D eigenvalue weighted by Gasteiger charge is 2.43. The Hall–Kier alpha value is -2.99. The Bertz CT molecular complexity index is 844. The average Bonchev–Trinajstić information content (AvgIpc) is 3.52. The molecule has 0 aromatic carbocycles. The number of nitrogens with zero attached hydrogens (tertiary/aromatic N) is 3. The number of aliphatic hydroxyl groups is 1. The standard InChI is InChI=1S/C20H30N6O6/c1-11(27)16(21)19(30)26-7-3-5-15(26)18(29)25-6-2-4-14(25)17(28)24-13(20(31)32)8-12-9-22-10-23-12/h9-11,13-16,27H,2-8,21H2,1H3,(H,22,23)(H,24,28)(H,31,32). The second kappa shape index (κ2) is 10.1. The molecule has 32 heavy (non-hydrogen) atoms. The lowest BCUT2D eigenvalue weighted by atomic mass is 10.1. The van der Waals surface area contributed by atoms with Gasteiger partial charge in [0, 0.05) is 31.4 Å². The summed E-state index contributed by atoms with van der Waals surface area (Å²) in [5, 5.41) is 21.7. The molecule has 0 spiro atoms. The Balaban J connectivity index is 1.68. The number of carbonyl (C=O) groups is 4.